The van der Waals surface area contributed by atoms with E-state index in [2.05, 4.69) is 0 Å². The molecule has 1 atom stereocenters. The van der Waals surface area contributed by atoms with Crippen LogP contribution in [-0.4, -0.2) is 38.2 Å². The van der Waals surface area contributed by atoms with Crippen LogP contribution in [0.2, 0.25) is 0 Å². The molecule has 1 N–H and O–H groups in total. The molecule has 180 valence electrons. The molecule has 0 amide bonds. The smallest absolute Gasteiger partial charge is 0.341 e. The van der Waals surface area contributed by atoms with Gasteiger partial charge in [0.15, 0.2) is 6.29 Å². The van der Waals surface area contributed by atoms with Crippen molar-refractivity contribution in [2.45, 2.75) is 25.6 Å². The van der Waals surface area contributed by atoms with Crippen LogP contribution in [0.4, 0.5) is 0 Å². The maximum Gasteiger partial charge on any atom is 0.341 e. The molecule has 1 aromatic heterocycles. The molecule has 0 bridgehead atoms. The minimum Gasteiger partial charge on any atom is -0.506 e. The van der Waals surface area contributed by atoms with E-state index in [4.69, 9.17) is 23.4 Å². The van der Waals surface area contributed by atoms with E-state index in [1.165, 1.54) is 13.2 Å². The summed E-state index contributed by atoms with van der Waals surface area (Å²) in [6.07, 6.45) is 2.45. The van der Waals surface area contributed by atoms with Gasteiger partial charge in [0.25, 0.3) is 0 Å². The van der Waals surface area contributed by atoms with Gasteiger partial charge in [0, 0.05) is 12.5 Å². The zero-order valence-corrected chi connectivity index (χ0v) is 19.3. The van der Waals surface area contributed by atoms with Gasteiger partial charge in [-0.05, 0) is 48.7 Å². The van der Waals surface area contributed by atoms with E-state index >= 15 is 0 Å². The van der Waals surface area contributed by atoms with Crippen LogP contribution < -0.4 is 14.9 Å². The summed E-state index contributed by atoms with van der Waals surface area (Å²) in [4.78, 5) is 25.9. The highest BCUT2D eigenvalue weighted by atomic mass is 16.7. The molecule has 1 fully saturated rings. The molecule has 8 heteroatoms. The summed E-state index contributed by atoms with van der Waals surface area (Å²) in [7, 11) is 2.75. The third-order valence-corrected chi connectivity index (χ3v) is 6.10. The molecular formula is C27H24O8. The summed E-state index contributed by atoms with van der Waals surface area (Å²) in [5, 5.41) is 11.5. The molecule has 5 rings (SSSR count). The van der Waals surface area contributed by atoms with Crippen molar-refractivity contribution >= 4 is 27.9 Å². The van der Waals surface area contributed by atoms with Crippen LogP contribution in [-0.2, 0) is 9.47 Å². The first-order chi connectivity index (χ1) is 17.0. The van der Waals surface area contributed by atoms with Crippen molar-refractivity contribution < 1.29 is 33.3 Å². The van der Waals surface area contributed by atoms with E-state index in [0.717, 1.165) is 19.3 Å². The molecule has 1 unspecified atom stereocenters. The van der Waals surface area contributed by atoms with Gasteiger partial charge < -0.3 is 28.5 Å². The molecule has 1 saturated heterocycles. The summed E-state index contributed by atoms with van der Waals surface area (Å²) in [5.74, 6) is 0.00325. The first kappa shape index (κ1) is 22.7. The summed E-state index contributed by atoms with van der Waals surface area (Å²) in [6, 6.07) is 13.1. The largest absolute Gasteiger partial charge is 0.506 e. The van der Waals surface area contributed by atoms with Crippen molar-refractivity contribution in [3.63, 3.8) is 0 Å². The number of fused-ring (bicyclic) bond motifs is 2. The number of rotatable bonds is 5. The van der Waals surface area contributed by atoms with Crippen molar-refractivity contribution in [1.29, 1.82) is 0 Å². The minimum atomic E-state index is -0.769. The lowest BCUT2D eigenvalue weighted by Gasteiger charge is -2.23. The van der Waals surface area contributed by atoms with Crippen molar-refractivity contribution in [3.05, 3.63) is 64.3 Å². The second-order valence-electron chi connectivity index (χ2n) is 8.25. The van der Waals surface area contributed by atoms with Crippen LogP contribution in [0, 0.1) is 0 Å². The third-order valence-electron chi connectivity index (χ3n) is 6.10. The number of phenolic OH excluding ortho intramolecular Hbond substituents is 1. The van der Waals surface area contributed by atoms with Gasteiger partial charge in [0.1, 0.15) is 34.0 Å². The van der Waals surface area contributed by atoms with E-state index in [9.17, 15) is 14.7 Å². The Morgan fingerprint density at radius 2 is 1.77 bits per heavy atom. The van der Waals surface area contributed by atoms with E-state index < -0.39 is 5.97 Å². The molecule has 2 heterocycles. The van der Waals surface area contributed by atoms with Crippen molar-refractivity contribution in [1.82, 2.24) is 0 Å². The van der Waals surface area contributed by atoms with Gasteiger partial charge in [0.2, 0.25) is 5.43 Å². The highest BCUT2D eigenvalue weighted by Gasteiger charge is 2.24. The normalized spacial score (nSPS) is 15.8. The first-order valence-corrected chi connectivity index (χ1v) is 11.3. The van der Waals surface area contributed by atoms with Crippen LogP contribution >= 0.6 is 0 Å². The lowest BCUT2D eigenvalue weighted by Crippen LogP contribution is -2.24. The molecule has 0 aliphatic carbocycles. The predicted molar refractivity (Wildman–Crippen MR) is 129 cm³/mol. The van der Waals surface area contributed by atoms with Crippen molar-refractivity contribution in [2.75, 3.05) is 20.8 Å². The van der Waals surface area contributed by atoms with Gasteiger partial charge in [-0.25, -0.2) is 4.79 Å². The first-order valence-electron chi connectivity index (χ1n) is 11.3. The minimum absolute atomic E-state index is 0.133. The zero-order valence-electron chi connectivity index (χ0n) is 19.3. The van der Waals surface area contributed by atoms with Crippen molar-refractivity contribution in [3.8, 4) is 28.4 Å². The van der Waals surface area contributed by atoms with Gasteiger partial charge in [-0.2, -0.15) is 0 Å². The van der Waals surface area contributed by atoms with E-state index in [0.29, 0.717) is 29.1 Å². The second kappa shape index (κ2) is 9.31. The highest BCUT2D eigenvalue weighted by molar-refractivity contribution is 6.07. The van der Waals surface area contributed by atoms with Crippen molar-refractivity contribution in [2.24, 2.45) is 0 Å². The number of benzene rings is 3. The van der Waals surface area contributed by atoms with E-state index in [-0.39, 0.29) is 45.1 Å². The summed E-state index contributed by atoms with van der Waals surface area (Å²) in [5.41, 5.74) is 0.684. The number of hydrogen-bond acceptors (Lipinski definition) is 8. The molecule has 35 heavy (non-hydrogen) atoms. The molecular weight excluding hydrogens is 452 g/mol. The monoisotopic (exact) mass is 476 g/mol. The van der Waals surface area contributed by atoms with Gasteiger partial charge >= 0.3 is 5.97 Å². The Hall–Kier alpha value is -4.04. The SMILES string of the molecule is COC(=O)c1cc2c(=O)c3ccc(OC4CCCCO4)cc3oc2c(-c2ccc(OC)cc2)c1O. The predicted octanol–water partition coefficient (Wildman–Crippen LogP) is 5.02. The molecule has 4 aromatic rings. The Morgan fingerprint density at radius 3 is 2.46 bits per heavy atom. The third kappa shape index (κ3) is 4.17. The van der Waals surface area contributed by atoms with E-state index in [1.807, 2.05) is 0 Å². The fourth-order valence-electron chi connectivity index (χ4n) is 4.28. The Balaban J connectivity index is 1.73. The van der Waals surface area contributed by atoms with Crippen LogP contribution in [0.5, 0.6) is 17.2 Å². The van der Waals surface area contributed by atoms with Gasteiger partial charge in [-0.15, -0.1) is 0 Å². The van der Waals surface area contributed by atoms with Crippen LogP contribution in [0.15, 0.2) is 57.7 Å². The summed E-state index contributed by atoms with van der Waals surface area (Å²) >= 11 is 0. The number of carbonyl (C=O) groups excluding carboxylic acids is 1. The second-order valence-corrected chi connectivity index (χ2v) is 8.25. The van der Waals surface area contributed by atoms with Crippen LogP contribution in [0.25, 0.3) is 33.1 Å². The van der Waals surface area contributed by atoms with Gasteiger partial charge in [-0.3, -0.25) is 4.79 Å². The fraction of sp³-hybridized carbons (Fsp3) is 0.259. The Morgan fingerprint density at radius 1 is 1.00 bits per heavy atom. The molecule has 3 aromatic carbocycles. The summed E-state index contributed by atoms with van der Waals surface area (Å²) in [6.45, 7) is 0.644. The molecule has 0 saturated carbocycles. The average Bonchev–Trinajstić information content (AvgIpc) is 2.89. The Kier molecular flexibility index (Phi) is 6.05. The Labute approximate surface area is 200 Å². The number of methoxy groups -OCH3 is 2. The summed E-state index contributed by atoms with van der Waals surface area (Å²) < 4.78 is 27.8. The quantitative estimate of drug-likeness (QED) is 0.316. The zero-order chi connectivity index (χ0) is 24.5. The number of carbonyl (C=O) groups is 1. The lowest BCUT2D eigenvalue weighted by molar-refractivity contribution is -0.105. The lowest BCUT2D eigenvalue weighted by atomic mass is 9.97. The van der Waals surface area contributed by atoms with E-state index in [1.54, 1.807) is 49.6 Å². The van der Waals surface area contributed by atoms with Gasteiger partial charge in [0.05, 0.1) is 37.2 Å². The molecule has 0 spiro atoms. The average molecular weight is 476 g/mol. The molecule has 0 radical (unpaired) electrons. The number of hydrogen-bond donors (Lipinski definition) is 1. The fourth-order valence-corrected chi connectivity index (χ4v) is 4.28. The van der Waals surface area contributed by atoms with Crippen LogP contribution in [0.1, 0.15) is 29.6 Å². The molecule has 1 aliphatic rings. The number of ether oxygens (including phenoxy) is 4. The maximum atomic E-state index is 13.5. The molecule has 8 nitrogen and oxygen atoms in total. The number of aromatic hydroxyl groups is 1. The molecule has 1 aliphatic heterocycles. The van der Waals surface area contributed by atoms with Crippen LogP contribution in [0.3, 0.4) is 0 Å². The maximum absolute atomic E-state index is 13.5. The number of esters is 1. The standard InChI is InChI=1S/C27H24O8/c1-31-16-8-6-15(7-9-16)23-25(29)20(27(30)32-2)14-19-24(28)18-11-10-17(13-21(18)35-26(19)23)34-22-5-3-4-12-33-22/h6-11,13-14,22,29H,3-5,12H2,1-2H3. The topological polar surface area (TPSA) is 104 Å². The Bertz CT molecular complexity index is 1460. The highest BCUT2D eigenvalue weighted by Crippen LogP contribution is 2.40. The van der Waals surface area contributed by atoms with Gasteiger partial charge in [-0.1, -0.05) is 12.1 Å². The number of phenols is 1.